The molecule has 0 aliphatic carbocycles. The lowest BCUT2D eigenvalue weighted by Crippen LogP contribution is -2.02. The maximum Gasteiger partial charge on any atom is 0.330 e. The van der Waals surface area contributed by atoms with Gasteiger partial charge < -0.3 is 19.1 Å². The molecule has 0 N–H and O–H groups in total. The number of rotatable bonds is 26. The molecule has 0 amide bonds. The van der Waals surface area contributed by atoms with Crippen LogP contribution in [-0.4, -0.2) is 39.0 Å². The average Bonchev–Trinajstić information content (AvgIpc) is 3.09. The van der Waals surface area contributed by atoms with Crippen molar-refractivity contribution in [1.29, 1.82) is 0 Å². The number of ether oxygens (including phenoxy) is 3. The van der Waals surface area contributed by atoms with E-state index in [1.165, 1.54) is 17.2 Å². The van der Waals surface area contributed by atoms with E-state index < -0.39 is 0 Å². The van der Waals surface area contributed by atoms with E-state index in [1.807, 2.05) is 49.4 Å². The van der Waals surface area contributed by atoms with Crippen LogP contribution in [0, 0.1) is 6.92 Å². The molecule has 3 aromatic carbocycles. The van der Waals surface area contributed by atoms with E-state index in [9.17, 15) is 4.79 Å². The van der Waals surface area contributed by atoms with Crippen molar-refractivity contribution in [2.24, 2.45) is 0 Å². The molecule has 0 aliphatic heterocycles. The lowest BCUT2D eigenvalue weighted by Gasteiger charge is -2.11. The molecule has 0 aromatic heterocycles. The molecule has 0 unspecified atom stereocenters. The third-order valence-corrected chi connectivity index (χ3v) is 7.25. The van der Waals surface area contributed by atoms with Crippen LogP contribution in [0.1, 0.15) is 73.6 Å². The second kappa shape index (κ2) is 23.2. The van der Waals surface area contributed by atoms with Crippen LogP contribution < -0.4 is 14.4 Å². The first-order valence-electron chi connectivity index (χ1n) is 16.5. The van der Waals surface area contributed by atoms with Crippen molar-refractivity contribution in [1.82, 2.24) is 0 Å². The van der Waals surface area contributed by atoms with Crippen molar-refractivity contribution < 1.29 is 38.6 Å². The normalized spacial score (nSPS) is 10.7. The van der Waals surface area contributed by atoms with Crippen molar-refractivity contribution in [3.8, 4) is 17.2 Å². The fourth-order valence-electron chi connectivity index (χ4n) is 4.64. The highest BCUT2D eigenvalue weighted by Crippen LogP contribution is 2.23. The molecule has 0 saturated carbocycles. The summed E-state index contributed by atoms with van der Waals surface area (Å²) in [5, 5.41) is 0. The van der Waals surface area contributed by atoms with Crippen LogP contribution in [0.4, 0.5) is 0 Å². The third kappa shape index (κ3) is 16.3. The fourth-order valence-corrected chi connectivity index (χ4v) is 4.64. The Morgan fingerprint density at radius 1 is 0.638 bits per heavy atom. The van der Waals surface area contributed by atoms with E-state index >= 15 is 0 Å². The summed E-state index contributed by atoms with van der Waals surface area (Å²) in [6.45, 7) is 12.1. The summed E-state index contributed by atoms with van der Waals surface area (Å²) >= 11 is 0. The minimum atomic E-state index is -0.365. The highest BCUT2D eigenvalue weighted by Gasteiger charge is 2.06. The van der Waals surface area contributed by atoms with Crippen LogP contribution in [-0.2, 0) is 37.2 Å². The molecule has 8 nitrogen and oxygen atoms in total. The monoisotopic (exact) mass is 646 g/mol. The molecule has 0 radical (unpaired) electrons. The number of unbranched alkanes of at least 4 members (excludes halogenated alkanes) is 6. The van der Waals surface area contributed by atoms with Gasteiger partial charge in [-0.25, -0.2) is 14.6 Å². The van der Waals surface area contributed by atoms with Gasteiger partial charge in [-0.1, -0.05) is 55.5 Å². The summed E-state index contributed by atoms with van der Waals surface area (Å²) in [5.41, 5.74) is 4.42. The second-order valence-electron chi connectivity index (χ2n) is 11.2. The largest absolute Gasteiger partial charge is 0.494 e. The summed E-state index contributed by atoms with van der Waals surface area (Å²) in [6, 6.07) is 22.3. The van der Waals surface area contributed by atoms with Gasteiger partial charge in [0.15, 0.2) is 5.75 Å². The van der Waals surface area contributed by atoms with Crippen molar-refractivity contribution in [3.05, 3.63) is 114 Å². The quantitative estimate of drug-likeness (QED) is 0.0214. The van der Waals surface area contributed by atoms with Gasteiger partial charge in [0.05, 0.1) is 26.4 Å². The Morgan fingerprint density at radius 2 is 1.21 bits per heavy atom. The van der Waals surface area contributed by atoms with Gasteiger partial charge in [-0.3, -0.25) is 0 Å². The Labute approximate surface area is 280 Å². The SMILES string of the molecule is C=CCOOCCCCCCOc1ccc(COOc2ccc(Cc3ccc(OCCCCCCOC(=O)C=C)cc3)cc2C)cc1. The maximum absolute atomic E-state index is 11.0. The lowest BCUT2D eigenvalue weighted by atomic mass is 10.0. The van der Waals surface area contributed by atoms with Gasteiger partial charge in [0.1, 0.15) is 24.7 Å². The van der Waals surface area contributed by atoms with E-state index in [-0.39, 0.29) is 5.97 Å². The summed E-state index contributed by atoms with van der Waals surface area (Å²) in [5.74, 6) is 2.05. The van der Waals surface area contributed by atoms with E-state index in [4.69, 9.17) is 33.8 Å². The number of benzene rings is 3. The zero-order valence-corrected chi connectivity index (χ0v) is 27.8. The Bertz CT molecular complexity index is 1300. The Hall–Kier alpha value is -4.11. The molecule has 254 valence electrons. The molecule has 0 atom stereocenters. The van der Waals surface area contributed by atoms with Crippen molar-refractivity contribution in [2.75, 3.05) is 33.0 Å². The topological polar surface area (TPSA) is 81.7 Å². The van der Waals surface area contributed by atoms with Gasteiger partial charge in [-0.2, -0.15) is 4.89 Å². The maximum atomic E-state index is 11.0. The molecule has 0 aliphatic rings. The zero-order chi connectivity index (χ0) is 33.4. The molecule has 0 fully saturated rings. The molecule has 0 heterocycles. The van der Waals surface area contributed by atoms with Crippen LogP contribution in [0.2, 0.25) is 0 Å². The van der Waals surface area contributed by atoms with E-state index in [0.29, 0.717) is 45.4 Å². The van der Waals surface area contributed by atoms with Crippen molar-refractivity contribution in [3.63, 3.8) is 0 Å². The van der Waals surface area contributed by atoms with Crippen LogP contribution in [0.3, 0.4) is 0 Å². The smallest absolute Gasteiger partial charge is 0.330 e. The predicted molar refractivity (Wildman–Crippen MR) is 183 cm³/mol. The molecule has 3 rings (SSSR count). The zero-order valence-electron chi connectivity index (χ0n) is 27.8. The highest BCUT2D eigenvalue weighted by molar-refractivity contribution is 5.81. The fraction of sp³-hybridized carbons (Fsp3) is 0.410. The van der Waals surface area contributed by atoms with Gasteiger partial charge >= 0.3 is 5.97 Å². The predicted octanol–water partition coefficient (Wildman–Crippen LogP) is 8.84. The number of hydrogen-bond donors (Lipinski definition) is 0. The molecule has 3 aromatic rings. The first-order valence-corrected chi connectivity index (χ1v) is 16.5. The number of aryl methyl sites for hydroxylation is 1. The van der Waals surface area contributed by atoms with Gasteiger partial charge in [-0.05, 0) is 111 Å². The minimum Gasteiger partial charge on any atom is -0.494 e. The van der Waals surface area contributed by atoms with Gasteiger partial charge in [-0.15, -0.1) is 6.58 Å². The highest BCUT2D eigenvalue weighted by atomic mass is 17.2. The van der Waals surface area contributed by atoms with Crippen LogP contribution in [0.5, 0.6) is 17.2 Å². The number of carbonyl (C=O) groups is 1. The second-order valence-corrected chi connectivity index (χ2v) is 11.2. The van der Waals surface area contributed by atoms with E-state index in [0.717, 1.165) is 80.4 Å². The summed E-state index contributed by atoms with van der Waals surface area (Å²) in [4.78, 5) is 32.1. The first-order chi connectivity index (χ1) is 23.1. The third-order valence-electron chi connectivity index (χ3n) is 7.25. The molecule has 8 heteroatoms. The molecular weight excluding hydrogens is 596 g/mol. The minimum absolute atomic E-state index is 0.335. The van der Waals surface area contributed by atoms with Gasteiger partial charge in [0.2, 0.25) is 0 Å². The van der Waals surface area contributed by atoms with Gasteiger partial charge in [0.25, 0.3) is 0 Å². The first kappa shape index (κ1) is 37.3. The Kier molecular flexibility index (Phi) is 18.5. The molecule has 0 bridgehead atoms. The molecular formula is C39H50O8. The van der Waals surface area contributed by atoms with E-state index in [2.05, 4.69) is 37.4 Å². The van der Waals surface area contributed by atoms with Crippen molar-refractivity contribution >= 4 is 5.97 Å². The number of esters is 1. The van der Waals surface area contributed by atoms with Crippen LogP contribution in [0.15, 0.2) is 92.0 Å². The van der Waals surface area contributed by atoms with Crippen LogP contribution >= 0.6 is 0 Å². The lowest BCUT2D eigenvalue weighted by molar-refractivity contribution is -0.286. The average molecular weight is 647 g/mol. The standard InChI is InChI=1S/C39H50O8/c1-4-24-44-45-28-13-9-8-11-26-42-37-21-16-34(17-22-37)31-46-47-38-23-18-35(29-32(38)3)30-33-14-19-36(20-15-33)41-25-10-6-7-12-27-43-39(40)5-2/h4-5,14-23,29H,1-2,6-13,24-28,30-31H2,3H3. The molecule has 47 heavy (non-hydrogen) atoms. The summed E-state index contributed by atoms with van der Waals surface area (Å²) in [7, 11) is 0. The molecule has 0 spiro atoms. The summed E-state index contributed by atoms with van der Waals surface area (Å²) in [6.07, 6.45) is 11.6. The van der Waals surface area contributed by atoms with Crippen molar-refractivity contribution in [2.45, 2.75) is 71.3 Å². The van der Waals surface area contributed by atoms with E-state index in [1.54, 1.807) is 6.08 Å². The summed E-state index contributed by atoms with van der Waals surface area (Å²) < 4.78 is 16.7. The Balaban J connectivity index is 1.27. The molecule has 0 saturated heterocycles. The Morgan fingerprint density at radius 3 is 1.81 bits per heavy atom. The van der Waals surface area contributed by atoms with Crippen LogP contribution in [0.25, 0.3) is 0 Å². The number of hydrogen-bond acceptors (Lipinski definition) is 8. The number of carbonyl (C=O) groups excluding carboxylic acids is 1. The van der Waals surface area contributed by atoms with Gasteiger partial charge in [0, 0.05) is 6.08 Å².